The number of Topliss-reactive ketones (excluding diaryl/α,β-unsaturated/α-hetero) is 1. The maximum Gasteiger partial charge on any atom is 0.310 e. The summed E-state index contributed by atoms with van der Waals surface area (Å²) in [6.07, 6.45) is 0.0392. The Kier molecular flexibility index (Phi) is 6.51. The third kappa shape index (κ3) is 4.51. The summed E-state index contributed by atoms with van der Waals surface area (Å²) in [5.41, 5.74) is 3.64. The van der Waals surface area contributed by atoms with E-state index in [0.717, 1.165) is 22.6 Å². The van der Waals surface area contributed by atoms with E-state index in [2.05, 4.69) is 5.10 Å². The number of carbonyl (C=O) groups is 2. The molecule has 0 fully saturated rings. The molecule has 0 radical (unpaired) electrons. The van der Waals surface area contributed by atoms with Crippen molar-refractivity contribution in [3.8, 4) is 17.2 Å². The van der Waals surface area contributed by atoms with Crippen LogP contribution >= 0.6 is 0 Å². The van der Waals surface area contributed by atoms with Crippen molar-refractivity contribution < 1.29 is 23.8 Å². The van der Waals surface area contributed by atoms with Gasteiger partial charge in [0.15, 0.2) is 6.61 Å². The number of para-hydroxylation sites is 1. The largest absolute Gasteiger partial charge is 0.497 e. The summed E-state index contributed by atoms with van der Waals surface area (Å²) in [4.78, 5) is 24.9. The standard InChI is InChI=1S/C23H24N2O5/c1-15-20(16(2)25(24-15)17-8-6-5-7-9-17)13-23(27)30-14-21(26)19-11-10-18(28-3)12-22(19)29-4/h5-12H,13-14H2,1-4H3. The van der Waals surface area contributed by atoms with Crippen molar-refractivity contribution in [1.82, 2.24) is 9.78 Å². The highest BCUT2D eigenvalue weighted by Gasteiger charge is 2.19. The van der Waals surface area contributed by atoms with Gasteiger partial charge in [0.2, 0.25) is 5.78 Å². The topological polar surface area (TPSA) is 79.7 Å². The number of aryl methyl sites for hydroxylation is 1. The average molecular weight is 408 g/mol. The van der Waals surface area contributed by atoms with E-state index in [1.165, 1.54) is 14.2 Å². The molecule has 0 aliphatic rings. The predicted molar refractivity (Wildman–Crippen MR) is 112 cm³/mol. The fraction of sp³-hybridized carbons (Fsp3) is 0.261. The van der Waals surface area contributed by atoms with Gasteiger partial charge in [-0.3, -0.25) is 9.59 Å². The van der Waals surface area contributed by atoms with Gasteiger partial charge in [0.25, 0.3) is 0 Å². The molecule has 156 valence electrons. The number of nitrogens with zero attached hydrogens (tertiary/aromatic N) is 2. The predicted octanol–water partition coefficient (Wildman–Crippen LogP) is 3.47. The molecule has 7 heteroatoms. The highest BCUT2D eigenvalue weighted by Crippen LogP contribution is 2.25. The lowest BCUT2D eigenvalue weighted by Crippen LogP contribution is -2.17. The molecule has 1 aromatic heterocycles. The quantitative estimate of drug-likeness (QED) is 0.419. The summed E-state index contributed by atoms with van der Waals surface area (Å²) in [7, 11) is 3.00. The van der Waals surface area contributed by atoms with Crippen LogP contribution in [-0.4, -0.2) is 42.4 Å². The summed E-state index contributed by atoms with van der Waals surface area (Å²) in [5.74, 6) is 0.0962. The summed E-state index contributed by atoms with van der Waals surface area (Å²) in [5, 5.41) is 4.53. The fourth-order valence-electron chi connectivity index (χ4n) is 3.20. The molecule has 0 unspecified atom stereocenters. The molecule has 1 heterocycles. The molecule has 0 bridgehead atoms. The second-order valence-electron chi connectivity index (χ2n) is 6.72. The molecule has 30 heavy (non-hydrogen) atoms. The minimum Gasteiger partial charge on any atom is -0.497 e. The number of methoxy groups -OCH3 is 2. The first-order valence-corrected chi connectivity index (χ1v) is 9.46. The summed E-state index contributed by atoms with van der Waals surface area (Å²) < 4.78 is 17.4. The van der Waals surface area contributed by atoms with Crippen LogP contribution in [0.3, 0.4) is 0 Å². The summed E-state index contributed by atoms with van der Waals surface area (Å²) in [6.45, 7) is 3.39. The summed E-state index contributed by atoms with van der Waals surface area (Å²) in [6, 6.07) is 14.5. The highest BCUT2D eigenvalue weighted by atomic mass is 16.5. The number of ether oxygens (including phenoxy) is 3. The maximum atomic E-state index is 12.5. The zero-order valence-electron chi connectivity index (χ0n) is 17.5. The van der Waals surface area contributed by atoms with Gasteiger partial charge in [-0.05, 0) is 38.1 Å². The van der Waals surface area contributed by atoms with E-state index in [-0.39, 0.29) is 18.8 Å². The van der Waals surface area contributed by atoms with E-state index in [4.69, 9.17) is 14.2 Å². The Hall–Kier alpha value is -3.61. The average Bonchev–Trinajstić information content (AvgIpc) is 3.05. The van der Waals surface area contributed by atoms with E-state index in [1.54, 1.807) is 22.9 Å². The van der Waals surface area contributed by atoms with Crippen molar-refractivity contribution in [3.63, 3.8) is 0 Å². The van der Waals surface area contributed by atoms with Gasteiger partial charge in [0.05, 0.1) is 37.6 Å². The van der Waals surface area contributed by atoms with Gasteiger partial charge >= 0.3 is 5.97 Å². The molecule has 0 N–H and O–H groups in total. The number of rotatable bonds is 8. The molecule has 0 aliphatic carbocycles. The van der Waals surface area contributed by atoms with Crippen LogP contribution in [0, 0.1) is 13.8 Å². The lowest BCUT2D eigenvalue weighted by molar-refractivity contribution is -0.141. The van der Waals surface area contributed by atoms with Gasteiger partial charge in [0.1, 0.15) is 11.5 Å². The van der Waals surface area contributed by atoms with Crippen LogP contribution in [0.1, 0.15) is 27.3 Å². The molecule has 0 saturated carbocycles. The first-order valence-electron chi connectivity index (χ1n) is 9.46. The Morgan fingerprint density at radius 2 is 1.73 bits per heavy atom. The van der Waals surface area contributed by atoms with Crippen molar-refractivity contribution in [1.29, 1.82) is 0 Å². The second kappa shape index (κ2) is 9.26. The van der Waals surface area contributed by atoms with Gasteiger partial charge in [-0.1, -0.05) is 18.2 Å². The monoisotopic (exact) mass is 408 g/mol. The van der Waals surface area contributed by atoms with Gasteiger partial charge in [-0.25, -0.2) is 4.68 Å². The zero-order valence-corrected chi connectivity index (χ0v) is 17.5. The molecule has 7 nitrogen and oxygen atoms in total. The second-order valence-corrected chi connectivity index (χ2v) is 6.72. The molecule has 0 amide bonds. The first-order chi connectivity index (χ1) is 14.4. The Bertz CT molecular complexity index is 1060. The number of carbonyl (C=O) groups excluding carboxylic acids is 2. The smallest absolute Gasteiger partial charge is 0.310 e. The minimum atomic E-state index is -0.491. The van der Waals surface area contributed by atoms with Gasteiger partial charge in [-0.15, -0.1) is 0 Å². The number of benzene rings is 2. The number of ketones is 1. The van der Waals surface area contributed by atoms with Crippen molar-refractivity contribution in [2.24, 2.45) is 0 Å². The van der Waals surface area contributed by atoms with E-state index in [0.29, 0.717) is 17.1 Å². The third-order valence-electron chi connectivity index (χ3n) is 4.84. The highest BCUT2D eigenvalue weighted by molar-refractivity contribution is 6.00. The number of hydrogen-bond donors (Lipinski definition) is 0. The Morgan fingerprint density at radius 1 is 1.00 bits per heavy atom. The van der Waals surface area contributed by atoms with Gasteiger partial charge < -0.3 is 14.2 Å². The molecule has 2 aromatic carbocycles. The molecular weight excluding hydrogens is 384 g/mol. The molecule has 0 aliphatic heterocycles. The fourth-order valence-corrected chi connectivity index (χ4v) is 3.20. The minimum absolute atomic E-state index is 0.0392. The van der Waals surface area contributed by atoms with Gasteiger partial charge in [0, 0.05) is 17.3 Å². The van der Waals surface area contributed by atoms with Crippen molar-refractivity contribution in [2.75, 3.05) is 20.8 Å². The van der Waals surface area contributed by atoms with Crippen LogP contribution in [0.5, 0.6) is 11.5 Å². The number of hydrogen-bond acceptors (Lipinski definition) is 6. The van der Waals surface area contributed by atoms with Crippen LogP contribution in [0.4, 0.5) is 0 Å². The van der Waals surface area contributed by atoms with E-state index >= 15 is 0 Å². The van der Waals surface area contributed by atoms with Crippen molar-refractivity contribution >= 4 is 11.8 Å². The lowest BCUT2D eigenvalue weighted by Gasteiger charge is -2.10. The Balaban J connectivity index is 1.67. The third-order valence-corrected chi connectivity index (χ3v) is 4.84. The van der Waals surface area contributed by atoms with E-state index in [1.807, 2.05) is 44.2 Å². The molecule has 3 rings (SSSR count). The number of esters is 1. The zero-order chi connectivity index (χ0) is 21.7. The van der Waals surface area contributed by atoms with Crippen molar-refractivity contribution in [2.45, 2.75) is 20.3 Å². The van der Waals surface area contributed by atoms with Gasteiger partial charge in [-0.2, -0.15) is 5.10 Å². The Morgan fingerprint density at radius 3 is 2.40 bits per heavy atom. The van der Waals surface area contributed by atoms with Crippen LogP contribution in [-0.2, 0) is 16.0 Å². The SMILES string of the molecule is COc1ccc(C(=O)COC(=O)Cc2c(C)nn(-c3ccccc3)c2C)c(OC)c1. The number of aromatic nitrogens is 2. The molecule has 0 atom stereocenters. The van der Waals surface area contributed by atoms with Crippen LogP contribution in [0.25, 0.3) is 5.69 Å². The Labute approximate surface area is 175 Å². The molecule has 0 saturated heterocycles. The van der Waals surface area contributed by atoms with Crippen molar-refractivity contribution in [3.05, 3.63) is 71.0 Å². The van der Waals surface area contributed by atoms with Crippen LogP contribution < -0.4 is 9.47 Å². The summed E-state index contributed by atoms with van der Waals surface area (Å²) >= 11 is 0. The normalized spacial score (nSPS) is 10.5. The first kappa shape index (κ1) is 21.1. The van der Waals surface area contributed by atoms with Crippen LogP contribution in [0.2, 0.25) is 0 Å². The molecule has 0 spiro atoms. The van der Waals surface area contributed by atoms with Crippen LogP contribution in [0.15, 0.2) is 48.5 Å². The van der Waals surface area contributed by atoms with E-state index < -0.39 is 5.97 Å². The molecular formula is C23H24N2O5. The lowest BCUT2D eigenvalue weighted by atomic mass is 10.1. The van der Waals surface area contributed by atoms with E-state index in [9.17, 15) is 9.59 Å². The molecule has 3 aromatic rings. The maximum absolute atomic E-state index is 12.5.